The summed E-state index contributed by atoms with van der Waals surface area (Å²) in [5, 5.41) is 7.99. The van der Waals surface area contributed by atoms with Crippen LogP contribution in [0, 0.1) is 12.3 Å². The molecule has 1 aliphatic carbocycles. The second-order valence-electron chi connectivity index (χ2n) is 9.41. The lowest BCUT2D eigenvalue weighted by Crippen LogP contribution is -2.39. The van der Waals surface area contributed by atoms with E-state index >= 15 is 0 Å². The van der Waals surface area contributed by atoms with Crippen LogP contribution in [0.5, 0.6) is 0 Å². The van der Waals surface area contributed by atoms with Crippen LogP contribution >= 0.6 is 0 Å². The molecular formula is C22H31N7O2. The molecule has 1 fully saturated rings. The van der Waals surface area contributed by atoms with Gasteiger partial charge in [-0.15, -0.1) is 0 Å². The van der Waals surface area contributed by atoms with Crippen molar-refractivity contribution < 1.29 is 9.59 Å². The summed E-state index contributed by atoms with van der Waals surface area (Å²) in [4.78, 5) is 36.1. The number of ketones is 1. The maximum Gasteiger partial charge on any atom is 0.254 e. The van der Waals surface area contributed by atoms with Crippen LogP contribution in [0.4, 0.5) is 5.82 Å². The van der Waals surface area contributed by atoms with Gasteiger partial charge in [0, 0.05) is 31.7 Å². The Morgan fingerprint density at radius 1 is 1.29 bits per heavy atom. The number of aryl methyl sites for hydroxylation is 1. The van der Waals surface area contributed by atoms with Crippen molar-refractivity contribution >= 4 is 17.5 Å². The minimum atomic E-state index is -0.574. The summed E-state index contributed by atoms with van der Waals surface area (Å²) in [5.74, 6) is 0.295. The number of nitrogens with two attached hydrogens (primary N) is 1. The van der Waals surface area contributed by atoms with Crippen LogP contribution in [-0.2, 0) is 6.42 Å². The van der Waals surface area contributed by atoms with Gasteiger partial charge in [0.1, 0.15) is 5.82 Å². The molecule has 3 N–H and O–H groups in total. The zero-order valence-corrected chi connectivity index (χ0v) is 18.7. The van der Waals surface area contributed by atoms with E-state index in [1.165, 1.54) is 6.20 Å². The molecule has 0 bridgehead atoms. The maximum absolute atomic E-state index is 12.7. The normalized spacial score (nSPS) is 19.3. The van der Waals surface area contributed by atoms with E-state index in [0.29, 0.717) is 35.9 Å². The van der Waals surface area contributed by atoms with Gasteiger partial charge in [-0.2, -0.15) is 10.1 Å². The molecule has 4 rings (SSSR count). The smallest absolute Gasteiger partial charge is 0.254 e. The number of hydrogen-bond acceptors (Lipinski definition) is 7. The van der Waals surface area contributed by atoms with Gasteiger partial charge in [-0.05, 0) is 38.1 Å². The van der Waals surface area contributed by atoms with E-state index in [1.807, 2.05) is 6.92 Å². The minimum Gasteiger partial charge on any atom is -0.366 e. The van der Waals surface area contributed by atoms with Crippen molar-refractivity contribution in [1.82, 2.24) is 24.6 Å². The molecular weight excluding hydrogens is 394 g/mol. The molecule has 0 saturated carbocycles. The van der Waals surface area contributed by atoms with Crippen LogP contribution in [0.2, 0.25) is 0 Å². The van der Waals surface area contributed by atoms with Crippen molar-refractivity contribution in [3.05, 3.63) is 28.7 Å². The molecule has 166 valence electrons. The van der Waals surface area contributed by atoms with Gasteiger partial charge in [0.05, 0.1) is 22.5 Å². The fourth-order valence-corrected chi connectivity index (χ4v) is 4.66. The zero-order chi connectivity index (χ0) is 22.3. The Balaban J connectivity index is 1.70. The summed E-state index contributed by atoms with van der Waals surface area (Å²) < 4.78 is 1.65. The number of carbonyl (C=O) groups is 2. The number of amides is 1. The Labute approximate surface area is 182 Å². The Kier molecular flexibility index (Phi) is 5.55. The molecule has 0 atom stereocenters. The van der Waals surface area contributed by atoms with Gasteiger partial charge in [-0.3, -0.25) is 9.59 Å². The number of primary amides is 1. The van der Waals surface area contributed by atoms with Gasteiger partial charge in [0.2, 0.25) is 0 Å². The lowest BCUT2D eigenvalue weighted by molar-refractivity contribution is 0.0909. The van der Waals surface area contributed by atoms with Gasteiger partial charge in [-0.25, -0.2) is 9.67 Å². The highest BCUT2D eigenvalue weighted by Crippen LogP contribution is 2.36. The van der Waals surface area contributed by atoms with Gasteiger partial charge < -0.3 is 16.0 Å². The van der Waals surface area contributed by atoms with Crippen molar-refractivity contribution in [2.75, 3.05) is 25.0 Å². The summed E-state index contributed by atoms with van der Waals surface area (Å²) in [6, 6.07) is 0.206. The molecule has 0 radical (unpaired) electrons. The van der Waals surface area contributed by atoms with E-state index in [4.69, 9.17) is 5.73 Å². The maximum atomic E-state index is 12.7. The van der Waals surface area contributed by atoms with Crippen molar-refractivity contribution in [3.8, 4) is 5.95 Å². The molecule has 0 spiro atoms. The molecule has 31 heavy (non-hydrogen) atoms. The van der Waals surface area contributed by atoms with E-state index in [9.17, 15) is 9.59 Å². The Bertz CT molecular complexity index is 1020. The number of carbonyl (C=O) groups excluding carboxylic acids is 2. The molecule has 0 unspecified atom stereocenters. The quantitative estimate of drug-likeness (QED) is 0.753. The first kappa shape index (κ1) is 21.4. The highest BCUT2D eigenvalue weighted by molar-refractivity contribution is 6.00. The Morgan fingerprint density at radius 2 is 2.00 bits per heavy atom. The third-order valence-electron chi connectivity index (χ3n) is 6.33. The zero-order valence-electron chi connectivity index (χ0n) is 18.7. The van der Waals surface area contributed by atoms with Crippen LogP contribution in [0.1, 0.15) is 72.1 Å². The molecule has 2 aromatic rings. The minimum absolute atomic E-state index is 0.102. The summed E-state index contributed by atoms with van der Waals surface area (Å²) in [5.41, 5.74) is 7.87. The van der Waals surface area contributed by atoms with Crippen molar-refractivity contribution in [2.45, 2.75) is 59.4 Å². The third kappa shape index (κ3) is 4.19. The number of piperidine rings is 1. The van der Waals surface area contributed by atoms with E-state index in [0.717, 1.165) is 38.2 Å². The molecule has 0 aromatic carbocycles. The van der Waals surface area contributed by atoms with E-state index < -0.39 is 5.91 Å². The van der Waals surface area contributed by atoms with Crippen LogP contribution in [0.25, 0.3) is 5.95 Å². The first-order chi connectivity index (χ1) is 14.7. The van der Waals surface area contributed by atoms with Crippen LogP contribution in [-0.4, -0.2) is 62.0 Å². The molecule has 1 saturated heterocycles. The fraction of sp³-hybridized carbons (Fsp3) is 0.591. The Morgan fingerprint density at radius 3 is 2.65 bits per heavy atom. The van der Waals surface area contributed by atoms with Crippen molar-refractivity contribution in [3.63, 3.8) is 0 Å². The molecule has 1 amide bonds. The summed E-state index contributed by atoms with van der Waals surface area (Å²) >= 11 is 0. The van der Waals surface area contributed by atoms with Crippen LogP contribution < -0.4 is 11.1 Å². The Hall–Kier alpha value is -2.81. The predicted molar refractivity (Wildman–Crippen MR) is 118 cm³/mol. The number of nitrogens with zero attached hydrogens (tertiary/aromatic N) is 5. The first-order valence-electron chi connectivity index (χ1n) is 11.0. The van der Waals surface area contributed by atoms with E-state index in [1.54, 1.807) is 4.68 Å². The van der Waals surface area contributed by atoms with Crippen molar-refractivity contribution in [2.24, 2.45) is 11.1 Å². The molecule has 9 nitrogen and oxygen atoms in total. The monoisotopic (exact) mass is 425 g/mol. The number of aromatic nitrogens is 4. The molecule has 2 aliphatic rings. The first-order valence-corrected chi connectivity index (χ1v) is 11.0. The molecule has 2 aromatic heterocycles. The number of likely N-dealkylation sites (tertiary alicyclic amines) is 1. The number of anilines is 1. The summed E-state index contributed by atoms with van der Waals surface area (Å²) in [7, 11) is 0. The number of rotatable bonds is 5. The van der Waals surface area contributed by atoms with Gasteiger partial charge >= 0.3 is 0 Å². The van der Waals surface area contributed by atoms with Crippen LogP contribution in [0.3, 0.4) is 0 Å². The molecule has 9 heteroatoms. The highest BCUT2D eigenvalue weighted by Gasteiger charge is 2.36. The van der Waals surface area contributed by atoms with Gasteiger partial charge in [-0.1, -0.05) is 20.8 Å². The SMILES string of the molecule is CCN1CCC(Nc2nc(-n3nc(C)c4c3CC(C)(C)CC4=O)ncc2C(N)=O)CC1. The standard InChI is InChI=1S/C22H31N7O2/c1-5-28-8-6-14(7-9-28)25-20-15(19(23)31)12-24-21(26-20)29-16-10-22(3,4)11-17(30)18(16)13(2)27-29/h12,14H,5-11H2,1-4H3,(H2,23,31)(H,24,25,26). The topological polar surface area (TPSA) is 119 Å². The highest BCUT2D eigenvalue weighted by atomic mass is 16.1. The molecule has 3 heterocycles. The van der Waals surface area contributed by atoms with E-state index in [2.05, 4.69) is 46.1 Å². The van der Waals surface area contributed by atoms with Gasteiger partial charge in [0.25, 0.3) is 11.9 Å². The molecule has 1 aliphatic heterocycles. The van der Waals surface area contributed by atoms with Crippen LogP contribution in [0.15, 0.2) is 6.20 Å². The summed E-state index contributed by atoms with van der Waals surface area (Å²) in [6.07, 6.45) is 4.58. The number of hydrogen-bond donors (Lipinski definition) is 2. The lowest BCUT2D eigenvalue weighted by atomic mass is 9.75. The van der Waals surface area contributed by atoms with Crippen molar-refractivity contribution in [1.29, 1.82) is 0 Å². The average molecular weight is 426 g/mol. The third-order valence-corrected chi connectivity index (χ3v) is 6.33. The second kappa shape index (κ2) is 8.03. The number of Topliss-reactive ketones (excluding diaryl/α,β-unsaturated/α-hetero) is 1. The number of fused-ring (bicyclic) bond motifs is 1. The average Bonchev–Trinajstić information content (AvgIpc) is 3.03. The summed E-state index contributed by atoms with van der Waals surface area (Å²) in [6.45, 7) is 11.2. The second-order valence-corrected chi connectivity index (χ2v) is 9.41. The fourth-order valence-electron chi connectivity index (χ4n) is 4.66. The van der Waals surface area contributed by atoms with Gasteiger partial charge in [0.15, 0.2) is 5.78 Å². The predicted octanol–water partition coefficient (Wildman–Crippen LogP) is 2.12. The largest absolute Gasteiger partial charge is 0.366 e. The van der Waals surface area contributed by atoms with E-state index in [-0.39, 0.29) is 22.8 Å². The number of nitrogens with one attached hydrogen (secondary N) is 1. The lowest BCUT2D eigenvalue weighted by Gasteiger charge is -2.32.